The molecule has 4 rings (SSSR count). The van der Waals surface area contributed by atoms with Crippen LogP contribution in [-0.2, 0) is 4.79 Å². The number of ketones is 1. The molecular weight excluding hydrogens is 371 g/mol. The number of aromatic nitrogens is 1. The molecule has 2 aliphatic carbocycles. The summed E-state index contributed by atoms with van der Waals surface area (Å²) in [6.07, 6.45) is 7.41. The number of carbonyl (C=O) groups excluding carboxylic acids is 1. The number of fused-ring (bicyclic) bond motifs is 1. The van der Waals surface area contributed by atoms with Crippen LogP contribution in [0.2, 0.25) is 0 Å². The van der Waals surface area contributed by atoms with Gasteiger partial charge in [0.15, 0.2) is 0 Å². The molecule has 2 aromatic rings. The van der Waals surface area contributed by atoms with Crippen LogP contribution in [0.15, 0.2) is 48.7 Å². The number of benzene rings is 1. The minimum absolute atomic E-state index is 0.0840. The maximum atomic E-state index is 13.4. The second-order valence-electron chi connectivity index (χ2n) is 7.92. The van der Waals surface area contributed by atoms with Crippen molar-refractivity contribution in [2.45, 2.75) is 31.7 Å². The van der Waals surface area contributed by atoms with Crippen molar-refractivity contribution in [3.8, 4) is 11.1 Å². The Bertz CT molecular complexity index is 941. The average molecular weight is 394 g/mol. The molecular formula is C23H23FN2O3. The van der Waals surface area contributed by atoms with Gasteiger partial charge in [0.1, 0.15) is 11.6 Å². The van der Waals surface area contributed by atoms with Gasteiger partial charge in [0, 0.05) is 30.1 Å². The van der Waals surface area contributed by atoms with Gasteiger partial charge in [-0.25, -0.2) is 9.18 Å². The first-order chi connectivity index (χ1) is 14.0. The van der Waals surface area contributed by atoms with E-state index in [4.69, 9.17) is 5.11 Å². The van der Waals surface area contributed by atoms with Gasteiger partial charge >= 0.3 is 6.09 Å². The van der Waals surface area contributed by atoms with E-state index >= 15 is 0 Å². The molecule has 1 aromatic heterocycles. The van der Waals surface area contributed by atoms with Crippen molar-refractivity contribution < 1.29 is 19.1 Å². The molecule has 2 N–H and O–H groups in total. The van der Waals surface area contributed by atoms with E-state index in [0.717, 1.165) is 29.7 Å². The summed E-state index contributed by atoms with van der Waals surface area (Å²) in [6, 6.07) is 10.0. The normalized spacial score (nSPS) is 26.4. The minimum atomic E-state index is -1.01. The predicted molar refractivity (Wildman–Crippen MR) is 108 cm³/mol. The van der Waals surface area contributed by atoms with E-state index in [0.29, 0.717) is 18.8 Å². The topological polar surface area (TPSA) is 79.3 Å². The molecule has 150 valence electrons. The van der Waals surface area contributed by atoms with Crippen LogP contribution in [-0.4, -0.2) is 28.0 Å². The molecule has 5 nitrogen and oxygen atoms in total. The highest BCUT2D eigenvalue weighted by Crippen LogP contribution is 2.44. The lowest BCUT2D eigenvalue weighted by Gasteiger charge is -2.33. The van der Waals surface area contributed by atoms with Crippen molar-refractivity contribution in [3.05, 3.63) is 60.2 Å². The van der Waals surface area contributed by atoms with Crippen LogP contribution in [0.5, 0.6) is 0 Å². The molecule has 0 bridgehead atoms. The highest BCUT2D eigenvalue weighted by molar-refractivity contribution is 5.86. The van der Waals surface area contributed by atoms with Gasteiger partial charge in [-0.1, -0.05) is 24.3 Å². The monoisotopic (exact) mass is 394 g/mol. The first-order valence-corrected chi connectivity index (χ1v) is 9.92. The number of Topliss-reactive ketones (excluding diaryl/α,β-unsaturated/α-hetero) is 1. The first-order valence-electron chi connectivity index (χ1n) is 9.92. The molecule has 2 aliphatic rings. The highest BCUT2D eigenvalue weighted by atomic mass is 19.1. The Kier molecular flexibility index (Phi) is 5.43. The molecule has 0 radical (unpaired) electrons. The molecule has 6 heteroatoms. The summed E-state index contributed by atoms with van der Waals surface area (Å²) in [6.45, 7) is 0. The summed E-state index contributed by atoms with van der Waals surface area (Å²) >= 11 is 0. The fraction of sp³-hybridized carbons (Fsp3) is 0.348. The van der Waals surface area contributed by atoms with Crippen LogP contribution in [0.4, 0.5) is 9.18 Å². The second-order valence-corrected chi connectivity index (χ2v) is 7.92. The largest absolute Gasteiger partial charge is 0.465 e. The molecule has 0 aliphatic heterocycles. The fourth-order valence-electron chi connectivity index (χ4n) is 4.70. The summed E-state index contributed by atoms with van der Waals surface area (Å²) in [5, 5.41) is 11.5. The molecule has 1 heterocycles. The van der Waals surface area contributed by atoms with E-state index in [1.165, 1.54) is 12.1 Å². The predicted octanol–water partition coefficient (Wildman–Crippen LogP) is 4.54. The third kappa shape index (κ3) is 4.36. The van der Waals surface area contributed by atoms with E-state index in [1.807, 2.05) is 30.4 Å². The van der Waals surface area contributed by atoms with Crippen LogP contribution in [0, 0.1) is 23.6 Å². The van der Waals surface area contributed by atoms with Crippen LogP contribution >= 0.6 is 0 Å². The number of rotatable bonds is 4. The Labute approximate surface area is 168 Å². The Morgan fingerprint density at radius 2 is 2.07 bits per heavy atom. The lowest BCUT2D eigenvalue weighted by atomic mass is 9.75. The fourth-order valence-corrected chi connectivity index (χ4v) is 4.70. The Hall–Kier alpha value is -3.02. The number of nitrogens with zero attached hydrogens (tertiary/aromatic N) is 1. The van der Waals surface area contributed by atoms with Gasteiger partial charge in [0.25, 0.3) is 0 Å². The number of hydrogen-bond donors (Lipinski definition) is 2. The van der Waals surface area contributed by atoms with E-state index in [1.54, 1.807) is 12.3 Å². The van der Waals surface area contributed by atoms with Gasteiger partial charge in [-0.15, -0.1) is 0 Å². The van der Waals surface area contributed by atoms with Crippen LogP contribution in [0.25, 0.3) is 17.2 Å². The number of carboxylic acid groups (broad SMARTS) is 1. The summed E-state index contributed by atoms with van der Waals surface area (Å²) in [4.78, 5) is 27.9. The standard InChI is InChI=1S/C23H23FN2O3/c24-17-3-1-2-14(10-17)16-5-6-18(25-13-16)8-9-20-21-12-19(26-23(28)29)7-4-15(21)11-22(20)27/h1-3,5-6,8-10,13,15,19-21,26H,4,7,11-12H2,(H,28,29)/t15-,19?,20-,21+/m0/s1. The molecule has 1 amide bonds. The number of halogens is 1. The quantitative estimate of drug-likeness (QED) is 0.798. The summed E-state index contributed by atoms with van der Waals surface area (Å²) in [5.41, 5.74) is 2.33. The Balaban J connectivity index is 1.46. The zero-order chi connectivity index (χ0) is 20.4. The van der Waals surface area contributed by atoms with E-state index < -0.39 is 6.09 Å². The summed E-state index contributed by atoms with van der Waals surface area (Å²) in [5.74, 6) is 0.263. The third-order valence-electron chi connectivity index (χ3n) is 6.09. The molecule has 4 atom stereocenters. The van der Waals surface area contributed by atoms with Crippen molar-refractivity contribution in [2.24, 2.45) is 17.8 Å². The van der Waals surface area contributed by atoms with Crippen molar-refractivity contribution in [3.63, 3.8) is 0 Å². The SMILES string of the molecule is O=C(O)NC1CC[C@H]2CC(=O)[C@@H](C=Cc3ccc(-c4cccc(F)c4)cn3)[C@@H]2C1. The zero-order valence-corrected chi connectivity index (χ0v) is 15.9. The smallest absolute Gasteiger partial charge is 0.404 e. The summed E-state index contributed by atoms with van der Waals surface area (Å²) in [7, 11) is 0. The van der Waals surface area contributed by atoms with Gasteiger partial charge in [-0.3, -0.25) is 9.78 Å². The van der Waals surface area contributed by atoms with Crippen molar-refractivity contribution >= 4 is 18.0 Å². The first kappa shape index (κ1) is 19.3. The van der Waals surface area contributed by atoms with Gasteiger partial charge in [0.05, 0.1) is 5.69 Å². The molecule has 2 fully saturated rings. The van der Waals surface area contributed by atoms with Crippen LogP contribution < -0.4 is 5.32 Å². The number of hydrogen-bond acceptors (Lipinski definition) is 3. The molecule has 2 saturated carbocycles. The molecule has 1 aromatic carbocycles. The van der Waals surface area contributed by atoms with Gasteiger partial charge < -0.3 is 10.4 Å². The molecule has 0 saturated heterocycles. The lowest BCUT2D eigenvalue weighted by molar-refractivity contribution is -0.120. The van der Waals surface area contributed by atoms with E-state index in [-0.39, 0.29) is 29.5 Å². The van der Waals surface area contributed by atoms with Gasteiger partial charge in [0.2, 0.25) is 0 Å². The second kappa shape index (κ2) is 8.15. The molecule has 1 unspecified atom stereocenters. The number of allylic oxidation sites excluding steroid dienone is 1. The molecule has 29 heavy (non-hydrogen) atoms. The van der Waals surface area contributed by atoms with E-state index in [9.17, 15) is 14.0 Å². The number of pyridine rings is 1. The van der Waals surface area contributed by atoms with Crippen LogP contribution in [0.1, 0.15) is 31.4 Å². The van der Waals surface area contributed by atoms with Gasteiger partial charge in [-0.05, 0) is 60.9 Å². The summed E-state index contributed by atoms with van der Waals surface area (Å²) < 4.78 is 13.4. The Morgan fingerprint density at radius 1 is 1.21 bits per heavy atom. The number of carbonyl (C=O) groups is 2. The minimum Gasteiger partial charge on any atom is -0.465 e. The number of nitrogens with one attached hydrogen (secondary N) is 1. The number of amides is 1. The average Bonchev–Trinajstić information content (AvgIpc) is 3.01. The van der Waals surface area contributed by atoms with E-state index in [2.05, 4.69) is 10.3 Å². The maximum absolute atomic E-state index is 13.4. The third-order valence-corrected chi connectivity index (χ3v) is 6.09. The highest BCUT2D eigenvalue weighted by Gasteiger charge is 2.44. The van der Waals surface area contributed by atoms with Crippen molar-refractivity contribution in [1.82, 2.24) is 10.3 Å². The molecule has 0 spiro atoms. The maximum Gasteiger partial charge on any atom is 0.404 e. The van der Waals surface area contributed by atoms with Crippen molar-refractivity contribution in [2.75, 3.05) is 0 Å². The van der Waals surface area contributed by atoms with Crippen molar-refractivity contribution in [1.29, 1.82) is 0 Å². The Morgan fingerprint density at radius 3 is 2.79 bits per heavy atom. The lowest BCUT2D eigenvalue weighted by Crippen LogP contribution is -2.40. The zero-order valence-electron chi connectivity index (χ0n) is 15.9. The van der Waals surface area contributed by atoms with Crippen LogP contribution in [0.3, 0.4) is 0 Å². The van der Waals surface area contributed by atoms with Gasteiger partial charge in [-0.2, -0.15) is 0 Å².